The van der Waals surface area contributed by atoms with Crippen LogP contribution >= 0.6 is 0 Å². The highest BCUT2D eigenvalue weighted by Crippen LogP contribution is 2.50. The molecule has 9 N–H and O–H groups in total. The third-order valence-corrected chi connectivity index (χ3v) is 7.21. The normalized spacial score (nSPS) is 33.4. The summed E-state index contributed by atoms with van der Waals surface area (Å²) in [4.78, 5) is 13.4. The molecule has 0 unspecified atom stereocenters. The van der Waals surface area contributed by atoms with Crippen molar-refractivity contribution in [3.05, 3.63) is 57.7 Å². The maximum Gasteiger partial charge on any atom is 0.197 e. The molecule has 9 atom stereocenters. The molecule has 13 nitrogen and oxygen atoms in total. The van der Waals surface area contributed by atoms with Crippen molar-refractivity contribution in [2.24, 2.45) is 0 Å². The van der Waals surface area contributed by atoms with Gasteiger partial charge in [-0.2, -0.15) is 0 Å². The van der Waals surface area contributed by atoms with Crippen LogP contribution < -0.4 is 5.43 Å². The van der Waals surface area contributed by atoms with Crippen LogP contribution in [0, 0.1) is 0 Å². The molecule has 0 amide bonds. The second-order valence-corrected chi connectivity index (χ2v) is 9.62. The number of hydrogen-bond donors (Lipinski definition) is 9. The first-order valence-corrected chi connectivity index (χ1v) is 12.1. The van der Waals surface area contributed by atoms with Gasteiger partial charge in [-0.25, -0.2) is 0 Å². The number of hydrogen-bond acceptors (Lipinski definition) is 13. The summed E-state index contributed by atoms with van der Waals surface area (Å²) in [5.41, 5.74) is -1.79. The first-order chi connectivity index (χ1) is 18.6. The molecule has 13 heteroatoms. The Morgan fingerprint density at radius 3 is 2.13 bits per heavy atom. The first kappa shape index (κ1) is 27.5. The maximum atomic E-state index is 13.4. The summed E-state index contributed by atoms with van der Waals surface area (Å²) in [6, 6.07) is 9.45. The quantitative estimate of drug-likeness (QED) is 0.182. The molecule has 0 aliphatic carbocycles. The van der Waals surface area contributed by atoms with E-state index in [0.717, 1.165) is 6.07 Å². The van der Waals surface area contributed by atoms with E-state index >= 15 is 0 Å². The number of rotatable bonds is 4. The molecular weight excluding hydrogens is 520 g/mol. The highest BCUT2D eigenvalue weighted by atomic mass is 16.5. The molecular formula is C26H28O13. The van der Waals surface area contributed by atoms with Crippen LogP contribution in [0.4, 0.5) is 0 Å². The van der Waals surface area contributed by atoms with E-state index in [2.05, 4.69) is 0 Å². The Bertz CT molecular complexity index is 1400. The Labute approximate surface area is 220 Å². The number of ether oxygens (including phenoxy) is 2. The van der Waals surface area contributed by atoms with Crippen LogP contribution in [-0.4, -0.2) is 102 Å². The average Bonchev–Trinajstić information content (AvgIpc) is 2.93. The molecule has 39 heavy (non-hydrogen) atoms. The summed E-state index contributed by atoms with van der Waals surface area (Å²) < 4.78 is 17.0. The lowest BCUT2D eigenvalue weighted by atomic mass is 9.85. The van der Waals surface area contributed by atoms with Crippen molar-refractivity contribution >= 4 is 11.0 Å². The Morgan fingerprint density at radius 1 is 0.795 bits per heavy atom. The standard InChI is InChI=1S/C26H28O13/c27-7-13-18(31)21(34)23(36)26(39-13)15-19(32)14-10(28)6-12(9-4-2-1-3-5-9)38-24(14)16(20(15)33)25-22(35)17(30)11(29)8-37-25/h1-6,11,13,17-18,21-23,25-27,29-36H,7-8H2/t11-,13+,17-,18-,21-,22+,23-,25-,26+/m1/s1. The van der Waals surface area contributed by atoms with Gasteiger partial charge in [0.1, 0.15) is 77.6 Å². The van der Waals surface area contributed by atoms with Gasteiger partial charge in [-0.15, -0.1) is 0 Å². The minimum absolute atomic E-state index is 0.0274. The third-order valence-electron chi connectivity index (χ3n) is 7.21. The number of phenolic OH excluding ortho intramolecular Hbond substituents is 2. The monoisotopic (exact) mass is 548 g/mol. The Hall–Kier alpha value is -3.11. The van der Waals surface area contributed by atoms with E-state index in [1.807, 2.05) is 0 Å². The lowest BCUT2D eigenvalue weighted by Crippen LogP contribution is -2.55. The van der Waals surface area contributed by atoms with Crippen LogP contribution in [0.3, 0.4) is 0 Å². The Morgan fingerprint density at radius 2 is 1.46 bits per heavy atom. The fourth-order valence-corrected chi connectivity index (χ4v) is 5.09. The lowest BCUT2D eigenvalue weighted by Gasteiger charge is -2.41. The Balaban J connectivity index is 1.80. The van der Waals surface area contributed by atoms with Gasteiger partial charge >= 0.3 is 0 Å². The van der Waals surface area contributed by atoms with Crippen molar-refractivity contribution in [2.75, 3.05) is 13.2 Å². The molecule has 3 heterocycles. The number of aliphatic hydroxyl groups is 7. The van der Waals surface area contributed by atoms with Gasteiger partial charge in [0.2, 0.25) is 0 Å². The van der Waals surface area contributed by atoms with Crippen molar-refractivity contribution in [1.82, 2.24) is 0 Å². The molecule has 0 bridgehead atoms. The minimum Gasteiger partial charge on any atom is -0.507 e. The van der Waals surface area contributed by atoms with Gasteiger partial charge in [-0.05, 0) is 0 Å². The van der Waals surface area contributed by atoms with E-state index in [-0.39, 0.29) is 5.76 Å². The van der Waals surface area contributed by atoms with Gasteiger partial charge in [0.25, 0.3) is 0 Å². The van der Waals surface area contributed by atoms with E-state index < -0.39 is 107 Å². The van der Waals surface area contributed by atoms with Crippen LogP contribution in [0.15, 0.2) is 45.6 Å². The van der Waals surface area contributed by atoms with Crippen LogP contribution in [0.25, 0.3) is 22.3 Å². The van der Waals surface area contributed by atoms with Gasteiger partial charge in [-0.3, -0.25) is 4.79 Å². The second-order valence-electron chi connectivity index (χ2n) is 9.62. The molecule has 2 aliphatic rings. The molecule has 210 valence electrons. The first-order valence-electron chi connectivity index (χ1n) is 12.1. The highest BCUT2D eigenvalue weighted by Gasteiger charge is 2.48. The summed E-state index contributed by atoms with van der Waals surface area (Å²) in [5, 5.41) is 94.0. The largest absolute Gasteiger partial charge is 0.507 e. The van der Waals surface area contributed by atoms with E-state index in [1.54, 1.807) is 30.3 Å². The smallest absolute Gasteiger partial charge is 0.197 e. The number of phenols is 2. The van der Waals surface area contributed by atoms with E-state index in [1.165, 1.54) is 0 Å². The topological polar surface area (TPSA) is 231 Å². The summed E-state index contributed by atoms with van der Waals surface area (Å²) in [6.07, 6.45) is -15.4. The summed E-state index contributed by atoms with van der Waals surface area (Å²) >= 11 is 0. The van der Waals surface area contributed by atoms with E-state index in [4.69, 9.17) is 13.9 Å². The molecule has 5 rings (SSSR count). The SMILES string of the molecule is O=c1cc(-c2ccccc2)oc2c([C@H]3OC[C@@H](O)[C@@H](O)[C@@H]3O)c(O)c([C@@H]3O[C@@H](CO)[C@@H](O)[C@@H](O)[C@H]3O)c(O)c12. The van der Waals surface area contributed by atoms with Crippen molar-refractivity contribution < 1.29 is 59.8 Å². The molecule has 2 aliphatic heterocycles. The van der Waals surface area contributed by atoms with Crippen molar-refractivity contribution in [3.63, 3.8) is 0 Å². The molecule has 2 aromatic carbocycles. The van der Waals surface area contributed by atoms with Crippen molar-refractivity contribution in [1.29, 1.82) is 0 Å². The van der Waals surface area contributed by atoms with Gasteiger partial charge in [0.15, 0.2) is 11.0 Å². The van der Waals surface area contributed by atoms with Gasteiger partial charge in [0, 0.05) is 11.6 Å². The van der Waals surface area contributed by atoms with Crippen molar-refractivity contribution in [3.8, 4) is 22.8 Å². The van der Waals surface area contributed by atoms with E-state index in [0.29, 0.717) is 5.56 Å². The number of aliphatic hydroxyl groups excluding tert-OH is 7. The molecule has 2 fully saturated rings. The van der Waals surface area contributed by atoms with Crippen molar-refractivity contribution in [2.45, 2.75) is 54.9 Å². The zero-order valence-corrected chi connectivity index (χ0v) is 20.2. The predicted octanol–water partition coefficient (Wildman–Crippen LogP) is -1.46. The number of aromatic hydroxyl groups is 2. The predicted molar refractivity (Wildman–Crippen MR) is 131 cm³/mol. The molecule has 0 saturated carbocycles. The Kier molecular flexibility index (Phi) is 7.37. The summed E-state index contributed by atoms with van der Waals surface area (Å²) in [7, 11) is 0. The molecule has 0 spiro atoms. The second kappa shape index (κ2) is 10.5. The van der Waals surface area contributed by atoms with Crippen LogP contribution in [0.1, 0.15) is 23.3 Å². The highest BCUT2D eigenvalue weighted by molar-refractivity contribution is 5.91. The average molecular weight is 548 g/mol. The van der Waals surface area contributed by atoms with E-state index in [9.17, 15) is 50.8 Å². The zero-order chi connectivity index (χ0) is 28.2. The van der Waals surface area contributed by atoms with Gasteiger partial charge in [-0.1, -0.05) is 30.3 Å². The maximum absolute atomic E-state index is 13.4. The molecule has 1 aromatic heterocycles. The van der Waals surface area contributed by atoms with Crippen LogP contribution in [-0.2, 0) is 9.47 Å². The summed E-state index contributed by atoms with van der Waals surface area (Å²) in [6.45, 7) is -1.29. The van der Waals surface area contributed by atoms with Crippen LogP contribution in [0.5, 0.6) is 11.5 Å². The molecule has 3 aromatic rings. The molecule has 0 radical (unpaired) electrons. The van der Waals surface area contributed by atoms with Gasteiger partial charge in [0.05, 0.1) is 24.3 Å². The number of fused-ring (bicyclic) bond motifs is 1. The fraction of sp³-hybridized carbons (Fsp3) is 0.423. The third kappa shape index (κ3) is 4.47. The fourth-order valence-electron chi connectivity index (χ4n) is 5.09. The van der Waals surface area contributed by atoms with Crippen LogP contribution in [0.2, 0.25) is 0 Å². The van der Waals surface area contributed by atoms with Gasteiger partial charge < -0.3 is 59.8 Å². The number of benzene rings is 2. The molecule has 2 saturated heterocycles. The minimum atomic E-state index is -1.95. The zero-order valence-electron chi connectivity index (χ0n) is 20.2. The lowest BCUT2D eigenvalue weighted by molar-refractivity contribution is -0.232. The summed E-state index contributed by atoms with van der Waals surface area (Å²) in [5.74, 6) is -1.75.